The van der Waals surface area contributed by atoms with Gasteiger partial charge in [0.2, 0.25) is 5.91 Å². The minimum Gasteiger partial charge on any atom is -0.452 e. The number of nitrogens with one attached hydrogen (secondary N) is 1. The van der Waals surface area contributed by atoms with E-state index < -0.39 is 18.5 Å². The van der Waals surface area contributed by atoms with Gasteiger partial charge in [0.25, 0.3) is 5.91 Å². The van der Waals surface area contributed by atoms with Gasteiger partial charge in [-0.15, -0.1) is 0 Å². The Labute approximate surface area is 139 Å². The van der Waals surface area contributed by atoms with Crippen molar-refractivity contribution < 1.29 is 23.5 Å². The topological polar surface area (TPSA) is 75.7 Å². The van der Waals surface area contributed by atoms with Gasteiger partial charge in [0.15, 0.2) is 6.61 Å². The third kappa shape index (κ3) is 6.20. The van der Waals surface area contributed by atoms with Crippen LogP contribution in [0, 0.1) is 5.82 Å². The van der Waals surface area contributed by atoms with Crippen molar-refractivity contribution in [1.29, 1.82) is 0 Å². The number of hydrogen-bond acceptors (Lipinski definition) is 4. The predicted octanol–water partition coefficient (Wildman–Crippen LogP) is 1.12. The molecule has 0 spiro atoms. The quantitative estimate of drug-likeness (QED) is 0.599. The molecular weight excluding hydrogens is 315 g/mol. The van der Waals surface area contributed by atoms with Gasteiger partial charge in [-0.05, 0) is 36.6 Å². The summed E-state index contributed by atoms with van der Waals surface area (Å²) in [6.07, 6.45) is 4.56. The van der Waals surface area contributed by atoms with Crippen LogP contribution in [0.1, 0.15) is 18.4 Å². The summed E-state index contributed by atoms with van der Waals surface area (Å²) >= 11 is 0. The highest BCUT2D eigenvalue weighted by Gasteiger charge is 2.24. The predicted molar refractivity (Wildman–Crippen MR) is 85.2 cm³/mol. The van der Waals surface area contributed by atoms with Gasteiger partial charge in [0, 0.05) is 19.2 Å². The Bertz CT molecular complexity index is 638. The zero-order chi connectivity index (χ0) is 17.5. The second-order valence-corrected chi connectivity index (χ2v) is 5.58. The number of benzene rings is 1. The number of carbonyl (C=O) groups is 3. The fraction of sp³-hybridized carbons (Fsp3) is 0.353. The van der Waals surface area contributed by atoms with Crippen LogP contribution in [0.15, 0.2) is 30.3 Å². The number of nitrogens with zero attached hydrogens (tertiary/aromatic N) is 1. The van der Waals surface area contributed by atoms with Gasteiger partial charge in [0.05, 0.1) is 6.54 Å². The van der Waals surface area contributed by atoms with Crippen LogP contribution in [0.25, 0.3) is 6.08 Å². The van der Waals surface area contributed by atoms with Crippen molar-refractivity contribution in [2.45, 2.75) is 18.9 Å². The molecule has 24 heavy (non-hydrogen) atoms. The molecule has 1 saturated carbocycles. The largest absolute Gasteiger partial charge is 0.452 e. The molecule has 0 aromatic heterocycles. The summed E-state index contributed by atoms with van der Waals surface area (Å²) < 4.78 is 17.6. The number of amides is 2. The number of rotatable bonds is 7. The standard InChI is InChI=1S/C17H19FN2O4/c1-20(10-15(21)19-14-7-8-14)16(22)11-24-17(23)9-4-12-2-5-13(18)6-3-12/h2-6,9,14H,7-8,10-11H2,1H3,(H,19,21)/b9-4+. The number of likely N-dealkylation sites (N-methyl/N-ethyl adjacent to an activating group) is 1. The number of carbonyl (C=O) groups excluding carboxylic acids is 3. The van der Waals surface area contributed by atoms with Crippen molar-refractivity contribution in [3.05, 3.63) is 41.7 Å². The third-order valence-electron chi connectivity index (χ3n) is 3.37. The maximum Gasteiger partial charge on any atom is 0.331 e. The van der Waals surface area contributed by atoms with Gasteiger partial charge in [-0.1, -0.05) is 12.1 Å². The average Bonchev–Trinajstić information content (AvgIpc) is 3.35. The molecule has 1 aliphatic rings. The molecule has 1 aliphatic carbocycles. The van der Waals surface area contributed by atoms with E-state index in [2.05, 4.69) is 5.32 Å². The fourth-order valence-corrected chi connectivity index (χ4v) is 1.83. The zero-order valence-corrected chi connectivity index (χ0v) is 13.3. The van der Waals surface area contributed by atoms with Gasteiger partial charge in [-0.25, -0.2) is 9.18 Å². The SMILES string of the molecule is CN(CC(=O)NC1CC1)C(=O)COC(=O)/C=C/c1ccc(F)cc1. The molecule has 0 atom stereocenters. The lowest BCUT2D eigenvalue weighted by Gasteiger charge is -2.16. The Morgan fingerprint density at radius 1 is 1.29 bits per heavy atom. The monoisotopic (exact) mass is 334 g/mol. The van der Waals surface area contributed by atoms with E-state index in [1.807, 2.05) is 0 Å². The van der Waals surface area contributed by atoms with E-state index in [4.69, 9.17) is 4.74 Å². The van der Waals surface area contributed by atoms with Crippen LogP contribution in [0.2, 0.25) is 0 Å². The van der Waals surface area contributed by atoms with Crippen molar-refractivity contribution in [1.82, 2.24) is 10.2 Å². The van der Waals surface area contributed by atoms with Crippen LogP contribution in [-0.4, -0.2) is 48.9 Å². The molecule has 128 valence electrons. The Kier molecular flexibility index (Phi) is 6.06. The number of esters is 1. The van der Waals surface area contributed by atoms with Crippen LogP contribution in [0.5, 0.6) is 0 Å². The summed E-state index contributed by atoms with van der Waals surface area (Å²) in [7, 11) is 1.47. The maximum atomic E-state index is 12.7. The summed E-state index contributed by atoms with van der Waals surface area (Å²) in [6, 6.07) is 5.80. The highest BCUT2D eigenvalue weighted by atomic mass is 19.1. The van der Waals surface area contributed by atoms with Crippen molar-refractivity contribution in [2.75, 3.05) is 20.2 Å². The van der Waals surface area contributed by atoms with E-state index >= 15 is 0 Å². The second kappa shape index (κ2) is 8.24. The van der Waals surface area contributed by atoms with Gasteiger partial charge in [-0.2, -0.15) is 0 Å². The number of ether oxygens (including phenoxy) is 1. The molecule has 1 aromatic carbocycles. The summed E-state index contributed by atoms with van der Waals surface area (Å²) in [4.78, 5) is 36.1. The molecule has 0 unspecified atom stereocenters. The maximum absolute atomic E-state index is 12.7. The first-order valence-corrected chi connectivity index (χ1v) is 7.58. The van der Waals surface area contributed by atoms with Crippen LogP contribution in [0.4, 0.5) is 4.39 Å². The van der Waals surface area contributed by atoms with Crippen LogP contribution in [0.3, 0.4) is 0 Å². The normalized spacial score (nSPS) is 13.6. The van der Waals surface area contributed by atoms with Crippen molar-refractivity contribution >= 4 is 23.9 Å². The van der Waals surface area contributed by atoms with Crippen LogP contribution < -0.4 is 5.32 Å². The molecule has 2 amide bonds. The lowest BCUT2D eigenvalue weighted by molar-refractivity contribution is -0.148. The van der Waals surface area contributed by atoms with Crippen molar-refractivity contribution in [3.63, 3.8) is 0 Å². The molecule has 7 heteroatoms. The van der Waals surface area contributed by atoms with Gasteiger partial charge < -0.3 is 15.0 Å². The summed E-state index contributed by atoms with van der Waals surface area (Å²) in [5.74, 6) is -1.75. The summed E-state index contributed by atoms with van der Waals surface area (Å²) in [6.45, 7) is -0.516. The van der Waals surface area contributed by atoms with Crippen molar-refractivity contribution in [3.8, 4) is 0 Å². The third-order valence-corrected chi connectivity index (χ3v) is 3.37. The smallest absolute Gasteiger partial charge is 0.331 e. The van der Waals surface area contributed by atoms with Crippen LogP contribution >= 0.6 is 0 Å². The Balaban J connectivity index is 1.70. The lowest BCUT2D eigenvalue weighted by Crippen LogP contribution is -2.40. The van der Waals surface area contributed by atoms with E-state index in [1.165, 1.54) is 42.3 Å². The van der Waals surface area contributed by atoms with Gasteiger partial charge in [-0.3, -0.25) is 9.59 Å². The molecule has 0 saturated heterocycles. The molecule has 0 heterocycles. The van der Waals surface area contributed by atoms with E-state index in [9.17, 15) is 18.8 Å². The fourth-order valence-electron chi connectivity index (χ4n) is 1.83. The van der Waals surface area contributed by atoms with E-state index in [1.54, 1.807) is 0 Å². The Morgan fingerprint density at radius 3 is 2.58 bits per heavy atom. The van der Waals surface area contributed by atoms with Crippen LogP contribution in [-0.2, 0) is 19.1 Å². The molecule has 0 radical (unpaired) electrons. The first kappa shape index (κ1) is 17.7. The van der Waals surface area contributed by atoms with Gasteiger partial charge >= 0.3 is 5.97 Å². The highest BCUT2D eigenvalue weighted by Crippen LogP contribution is 2.18. The van der Waals surface area contributed by atoms with Crippen molar-refractivity contribution in [2.24, 2.45) is 0 Å². The molecule has 1 N–H and O–H groups in total. The van der Waals surface area contributed by atoms with E-state index in [0.717, 1.165) is 18.9 Å². The molecular formula is C17H19FN2O4. The molecule has 0 aliphatic heterocycles. The molecule has 0 bridgehead atoms. The van der Waals surface area contributed by atoms with E-state index in [0.29, 0.717) is 5.56 Å². The zero-order valence-electron chi connectivity index (χ0n) is 13.3. The minimum atomic E-state index is -0.691. The minimum absolute atomic E-state index is 0.0711. The summed E-state index contributed by atoms with van der Waals surface area (Å²) in [5, 5.41) is 2.77. The first-order chi connectivity index (χ1) is 11.4. The molecule has 6 nitrogen and oxygen atoms in total. The average molecular weight is 334 g/mol. The molecule has 2 rings (SSSR count). The van der Waals surface area contributed by atoms with E-state index in [-0.39, 0.29) is 24.3 Å². The molecule has 1 aromatic rings. The Hall–Kier alpha value is -2.70. The first-order valence-electron chi connectivity index (χ1n) is 7.58. The summed E-state index contributed by atoms with van der Waals surface area (Å²) in [5.41, 5.74) is 0.633. The van der Waals surface area contributed by atoms with Gasteiger partial charge in [0.1, 0.15) is 5.82 Å². The Morgan fingerprint density at radius 2 is 1.96 bits per heavy atom. The molecule has 1 fully saturated rings. The highest BCUT2D eigenvalue weighted by molar-refractivity contribution is 5.90. The number of halogens is 1. The second-order valence-electron chi connectivity index (χ2n) is 5.58. The lowest BCUT2D eigenvalue weighted by atomic mass is 10.2. The number of hydrogen-bond donors (Lipinski definition) is 1.